The van der Waals surface area contributed by atoms with E-state index in [0.717, 1.165) is 12.0 Å². The Labute approximate surface area is 119 Å². The predicted octanol–water partition coefficient (Wildman–Crippen LogP) is 2.45. The van der Waals surface area contributed by atoms with Crippen molar-refractivity contribution in [2.75, 3.05) is 6.54 Å². The molecule has 3 nitrogen and oxygen atoms in total. The van der Waals surface area contributed by atoms with Crippen LogP contribution in [0.5, 0.6) is 0 Å². The number of halogens is 1. The summed E-state index contributed by atoms with van der Waals surface area (Å²) in [7, 11) is 0. The van der Waals surface area contributed by atoms with Gasteiger partial charge < -0.3 is 10.4 Å². The molecule has 2 N–H and O–H groups in total. The number of hydrogen-bond donors (Lipinski definition) is 2. The van der Waals surface area contributed by atoms with Crippen molar-refractivity contribution in [2.24, 2.45) is 11.8 Å². The number of carbonyl (C=O) groups is 1. The first-order chi connectivity index (χ1) is 9.47. The third kappa shape index (κ3) is 4.04. The van der Waals surface area contributed by atoms with Gasteiger partial charge >= 0.3 is 0 Å². The molecule has 0 aromatic heterocycles. The van der Waals surface area contributed by atoms with Gasteiger partial charge in [-0.15, -0.1) is 0 Å². The van der Waals surface area contributed by atoms with Crippen LogP contribution in [0.15, 0.2) is 24.3 Å². The van der Waals surface area contributed by atoms with E-state index < -0.39 is 6.10 Å². The fourth-order valence-electron chi connectivity index (χ4n) is 2.54. The van der Waals surface area contributed by atoms with Crippen LogP contribution in [0.3, 0.4) is 0 Å². The highest BCUT2D eigenvalue weighted by molar-refractivity contribution is 5.82. The Balaban J connectivity index is 1.77. The van der Waals surface area contributed by atoms with Crippen LogP contribution in [0.1, 0.15) is 38.2 Å². The summed E-state index contributed by atoms with van der Waals surface area (Å²) >= 11 is 0. The maximum absolute atomic E-state index is 12.8. The Kier molecular flexibility index (Phi) is 4.76. The number of carbonyl (C=O) groups excluding carboxylic acids is 1. The molecule has 3 unspecified atom stereocenters. The van der Waals surface area contributed by atoms with E-state index in [-0.39, 0.29) is 23.6 Å². The summed E-state index contributed by atoms with van der Waals surface area (Å²) in [4.78, 5) is 11.9. The van der Waals surface area contributed by atoms with Gasteiger partial charge in [-0.3, -0.25) is 4.79 Å². The summed E-state index contributed by atoms with van der Waals surface area (Å²) < 4.78 is 12.8. The van der Waals surface area contributed by atoms with Crippen LogP contribution in [0, 0.1) is 17.7 Å². The zero-order chi connectivity index (χ0) is 14.7. The highest BCUT2D eigenvalue weighted by Crippen LogP contribution is 2.47. The summed E-state index contributed by atoms with van der Waals surface area (Å²) in [5.74, 6) is 0.300. The largest absolute Gasteiger partial charge is 0.391 e. The van der Waals surface area contributed by atoms with Crippen molar-refractivity contribution in [3.05, 3.63) is 35.6 Å². The number of nitrogens with one attached hydrogen (secondary N) is 1. The van der Waals surface area contributed by atoms with Crippen molar-refractivity contribution in [3.8, 4) is 0 Å². The lowest BCUT2D eigenvalue weighted by Gasteiger charge is -2.13. The van der Waals surface area contributed by atoms with Crippen molar-refractivity contribution in [1.29, 1.82) is 0 Å². The molecular weight excluding hydrogens is 257 g/mol. The van der Waals surface area contributed by atoms with Crippen molar-refractivity contribution >= 4 is 5.91 Å². The smallest absolute Gasteiger partial charge is 0.223 e. The summed E-state index contributed by atoms with van der Waals surface area (Å²) in [6, 6.07) is 6.33. The number of rotatable bonds is 6. The summed E-state index contributed by atoms with van der Waals surface area (Å²) in [6.07, 6.45) is 1.01. The second-order valence-corrected chi connectivity index (χ2v) is 6.03. The normalized spacial score (nSPS) is 22.6. The molecule has 0 radical (unpaired) electrons. The predicted molar refractivity (Wildman–Crippen MR) is 75.7 cm³/mol. The summed E-state index contributed by atoms with van der Waals surface area (Å²) in [5.41, 5.74) is 1.01. The average Bonchev–Trinajstić information content (AvgIpc) is 3.16. The number of benzene rings is 1. The lowest BCUT2D eigenvalue weighted by Crippen LogP contribution is -2.34. The highest BCUT2D eigenvalue weighted by atomic mass is 19.1. The van der Waals surface area contributed by atoms with E-state index in [1.165, 1.54) is 12.1 Å². The van der Waals surface area contributed by atoms with Crippen LogP contribution in [-0.4, -0.2) is 23.7 Å². The van der Waals surface area contributed by atoms with E-state index in [0.29, 0.717) is 18.9 Å². The molecule has 0 spiro atoms. The Bertz CT molecular complexity index is 458. The first-order valence-corrected chi connectivity index (χ1v) is 7.18. The van der Waals surface area contributed by atoms with E-state index in [4.69, 9.17) is 0 Å². The minimum atomic E-state index is -0.484. The minimum absolute atomic E-state index is 0.0119. The first kappa shape index (κ1) is 15.0. The molecule has 1 aliphatic rings. The van der Waals surface area contributed by atoms with E-state index in [1.807, 2.05) is 13.8 Å². The van der Waals surface area contributed by atoms with Gasteiger partial charge in [0.15, 0.2) is 0 Å². The highest BCUT2D eigenvalue weighted by Gasteiger charge is 2.43. The van der Waals surface area contributed by atoms with Gasteiger partial charge in [0.1, 0.15) is 5.82 Å². The van der Waals surface area contributed by atoms with Crippen LogP contribution < -0.4 is 5.32 Å². The molecule has 0 saturated heterocycles. The van der Waals surface area contributed by atoms with Crippen molar-refractivity contribution in [2.45, 2.75) is 38.7 Å². The van der Waals surface area contributed by atoms with Crippen LogP contribution in [0.25, 0.3) is 0 Å². The van der Waals surface area contributed by atoms with E-state index >= 15 is 0 Å². The molecule has 20 heavy (non-hydrogen) atoms. The van der Waals surface area contributed by atoms with Crippen molar-refractivity contribution in [1.82, 2.24) is 5.32 Å². The zero-order valence-corrected chi connectivity index (χ0v) is 12.0. The molecule has 1 fully saturated rings. The average molecular weight is 279 g/mol. The molecule has 4 heteroatoms. The molecule has 1 aliphatic carbocycles. The molecule has 2 rings (SSSR count). The maximum Gasteiger partial charge on any atom is 0.223 e. The SMILES string of the molecule is CC(C)CC(O)CNC(=O)C1CC1c1ccc(F)cc1. The third-order valence-corrected chi connectivity index (χ3v) is 3.68. The van der Waals surface area contributed by atoms with Crippen LogP contribution in [0.2, 0.25) is 0 Å². The monoisotopic (exact) mass is 279 g/mol. The fraction of sp³-hybridized carbons (Fsp3) is 0.562. The quantitative estimate of drug-likeness (QED) is 0.840. The van der Waals surface area contributed by atoms with Gasteiger partial charge in [-0.05, 0) is 42.4 Å². The molecule has 1 aromatic carbocycles. The van der Waals surface area contributed by atoms with Gasteiger partial charge in [0.2, 0.25) is 5.91 Å². The van der Waals surface area contributed by atoms with Gasteiger partial charge in [0.25, 0.3) is 0 Å². The molecule has 1 saturated carbocycles. The topological polar surface area (TPSA) is 49.3 Å². The van der Waals surface area contributed by atoms with E-state index in [9.17, 15) is 14.3 Å². The Morgan fingerprint density at radius 3 is 2.65 bits per heavy atom. The molecule has 110 valence electrons. The first-order valence-electron chi connectivity index (χ1n) is 7.18. The number of aliphatic hydroxyl groups excluding tert-OH is 1. The van der Waals surface area contributed by atoms with E-state index in [2.05, 4.69) is 5.32 Å². The maximum atomic E-state index is 12.8. The molecule has 1 amide bonds. The lowest BCUT2D eigenvalue weighted by atomic mass is 10.1. The molecule has 3 atom stereocenters. The minimum Gasteiger partial charge on any atom is -0.391 e. The third-order valence-electron chi connectivity index (χ3n) is 3.68. The Morgan fingerprint density at radius 2 is 2.05 bits per heavy atom. The van der Waals surface area contributed by atoms with Gasteiger partial charge in [-0.2, -0.15) is 0 Å². The van der Waals surface area contributed by atoms with Crippen LogP contribution >= 0.6 is 0 Å². The van der Waals surface area contributed by atoms with Crippen LogP contribution in [0.4, 0.5) is 4.39 Å². The molecule has 1 aromatic rings. The number of aliphatic hydroxyl groups is 1. The standard InChI is InChI=1S/C16H22FNO2/c1-10(2)7-13(19)9-18-16(20)15-8-14(15)11-3-5-12(17)6-4-11/h3-6,10,13-15,19H,7-9H2,1-2H3,(H,18,20). The van der Waals surface area contributed by atoms with Gasteiger partial charge in [0.05, 0.1) is 6.10 Å². The second kappa shape index (κ2) is 6.35. The Morgan fingerprint density at radius 1 is 1.40 bits per heavy atom. The Hall–Kier alpha value is -1.42. The van der Waals surface area contributed by atoms with Crippen molar-refractivity contribution < 1.29 is 14.3 Å². The molecule has 0 bridgehead atoms. The van der Waals surface area contributed by atoms with Gasteiger partial charge in [-0.25, -0.2) is 4.39 Å². The fourth-order valence-corrected chi connectivity index (χ4v) is 2.54. The van der Waals surface area contributed by atoms with Gasteiger partial charge in [0, 0.05) is 12.5 Å². The summed E-state index contributed by atoms with van der Waals surface area (Å²) in [6.45, 7) is 4.39. The molecule has 0 heterocycles. The van der Waals surface area contributed by atoms with Crippen molar-refractivity contribution in [3.63, 3.8) is 0 Å². The molecular formula is C16H22FNO2. The number of amides is 1. The summed E-state index contributed by atoms with van der Waals surface area (Å²) in [5, 5.41) is 12.5. The number of hydrogen-bond acceptors (Lipinski definition) is 2. The van der Waals surface area contributed by atoms with Gasteiger partial charge in [-0.1, -0.05) is 26.0 Å². The van der Waals surface area contributed by atoms with E-state index in [1.54, 1.807) is 12.1 Å². The lowest BCUT2D eigenvalue weighted by molar-refractivity contribution is -0.122. The van der Waals surface area contributed by atoms with Crippen LogP contribution in [-0.2, 0) is 4.79 Å². The second-order valence-electron chi connectivity index (χ2n) is 6.03. The molecule has 0 aliphatic heterocycles. The zero-order valence-electron chi connectivity index (χ0n) is 12.0.